The third kappa shape index (κ3) is 2.73. The Morgan fingerprint density at radius 1 is 1.20 bits per heavy atom. The van der Waals surface area contributed by atoms with Crippen LogP contribution in [0.4, 0.5) is 5.69 Å². The second-order valence-electron chi connectivity index (χ2n) is 4.48. The predicted octanol–water partition coefficient (Wildman–Crippen LogP) is 4.19. The van der Waals surface area contributed by atoms with E-state index in [1.165, 1.54) is 0 Å². The molecule has 100 valence electrons. The molecule has 3 nitrogen and oxygen atoms in total. The molecule has 0 atom stereocenters. The third-order valence-electron chi connectivity index (χ3n) is 3.15. The topological polar surface area (TPSA) is 52.9 Å². The van der Waals surface area contributed by atoms with Crippen LogP contribution in [0.15, 0.2) is 40.9 Å². The van der Waals surface area contributed by atoms with E-state index in [-0.39, 0.29) is 5.91 Å². The van der Waals surface area contributed by atoms with Crippen LogP contribution in [-0.2, 0) is 0 Å². The zero-order valence-electron chi connectivity index (χ0n) is 11.2. The summed E-state index contributed by atoms with van der Waals surface area (Å²) in [6.45, 7) is 3.72. The van der Waals surface area contributed by atoms with Crippen molar-refractivity contribution in [3.05, 3.63) is 63.1 Å². The molecule has 0 unspecified atom stereocenters. The van der Waals surface area contributed by atoms with Crippen LogP contribution in [-0.4, -0.2) is 5.91 Å². The van der Waals surface area contributed by atoms with Gasteiger partial charge in [0.2, 0.25) is 0 Å². The quantitative estimate of drug-likeness (QED) is 0.898. The first-order valence-electron chi connectivity index (χ1n) is 6.10. The molecule has 20 heavy (non-hydrogen) atoms. The van der Waals surface area contributed by atoms with Gasteiger partial charge in [0.25, 0.3) is 5.91 Å². The maximum Gasteiger partial charge on any atom is 0.256 e. The minimum Gasteiger partial charge on any atom is -0.321 e. The smallest absolute Gasteiger partial charge is 0.256 e. The van der Waals surface area contributed by atoms with Crippen molar-refractivity contribution in [2.75, 3.05) is 5.32 Å². The zero-order valence-corrected chi connectivity index (χ0v) is 12.8. The second-order valence-corrected chi connectivity index (χ2v) is 5.33. The van der Waals surface area contributed by atoms with Gasteiger partial charge in [-0.25, -0.2) is 0 Å². The molecule has 2 rings (SSSR count). The lowest BCUT2D eigenvalue weighted by Crippen LogP contribution is -2.14. The summed E-state index contributed by atoms with van der Waals surface area (Å²) in [6, 6.07) is 13.0. The van der Waals surface area contributed by atoms with Gasteiger partial charge in [-0.2, -0.15) is 5.26 Å². The number of amides is 1. The number of halogens is 1. The van der Waals surface area contributed by atoms with E-state index in [2.05, 4.69) is 27.3 Å². The van der Waals surface area contributed by atoms with E-state index in [0.717, 1.165) is 15.6 Å². The maximum absolute atomic E-state index is 12.3. The van der Waals surface area contributed by atoms with Crippen molar-refractivity contribution in [2.45, 2.75) is 13.8 Å². The van der Waals surface area contributed by atoms with Crippen molar-refractivity contribution in [2.24, 2.45) is 0 Å². The number of carbonyl (C=O) groups is 1. The van der Waals surface area contributed by atoms with E-state index in [1.54, 1.807) is 12.1 Å². The Kier molecular flexibility index (Phi) is 4.21. The largest absolute Gasteiger partial charge is 0.321 e. The van der Waals surface area contributed by atoms with Gasteiger partial charge in [-0.05, 0) is 43.2 Å². The number of benzene rings is 2. The number of nitrogens with zero attached hydrogens (tertiary/aromatic N) is 1. The average molecular weight is 329 g/mol. The molecular weight excluding hydrogens is 316 g/mol. The van der Waals surface area contributed by atoms with Crippen LogP contribution in [0.1, 0.15) is 27.0 Å². The number of anilines is 1. The van der Waals surface area contributed by atoms with Gasteiger partial charge in [0.1, 0.15) is 6.07 Å². The first-order valence-corrected chi connectivity index (χ1v) is 6.90. The molecule has 0 bridgehead atoms. The normalized spacial score (nSPS) is 9.90. The molecule has 2 aromatic rings. The first-order chi connectivity index (χ1) is 9.54. The van der Waals surface area contributed by atoms with Crippen molar-refractivity contribution < 1.29 is 4.79 Å². The fourth-order valence-electron chi connectivity index (χ4n) is 1.96. The van der Waals surface area contributed by atoms with Crippen molar-refractivity contribution >= 4 is 27.5 Å². The molecule has 1 N–H and O–H groups in total. The molecule has 0 heterocycles. The number of hydrogen-bond donors (Lipinski definition) is 1. The summed E-state index contributed by atoms with van der Waals surface area (Å²) in [4.78, 5) is 12.3. The van der Waals surface area contributed by atoms with E-state index in [0.29, 0.717) is 16.8 Å². The summed E-state index contributed by atoms with van der Waals surface area (Å²) in [5.41, 5.74) is 3.34. The Labute approximate surface area is 126 Å². The molecule has 0 aliphatic rings. The SMILES string of the molecule is Cc1cccc(NC(=O)c2cccc(Br)c2C)c1C#N. The lowest BCUT2D eigenvalue weighted by atomic mass is 10.1. The van der Waals surface area contributed by atoms with E-state index >= 15 is 0 Å². The summed E-state index contributed by atoms with van der Waals surface area (Å²) >= 11 is 3.41. The van der Waals surface area contributed by atoms with Gasteiger partial charge < -0.3 is 5.32 Å². The molecule has 0 aliphatic carbocycles. The highest BCUT2D eigenvalue weighted by atomic mass is 79.9. The van der Waals surface area contributed by atoms with Gasteiger partial charge in [-0.1, -0.05) is 34.1 Å². The molecule has 0 radical (unpaired) electrons. The fourth-order valence-corrected chi connectivity index (χ4v) is 2.33. The number of hydrogen-bond acceptors (Lipinski definition) is 2. The molecule has 0 saturated carbocycles. The molecule has 4 heteroatoms. The number of nitrogens with one attached hydrogen (secondary N) is 1. The molecule has 1 amide bonds. The Hall–Kier alpha value is -2.12. The summed E-state index contributed by atoms with van der Waals surface area (Å²) in [6.07, 6.45) is 0. The highest BCUT2D eigenvalue weighted by molar-refractivity contribution is 9.10. The Morgan fingerprint density at radius 2 is 1.90 bits per heavy atom. The molecule has 2 aromatic carbocycles. The third-order valence-corrected chi connectivity index (χ3v) is 4.00. The van der Waals surface area contributed by atoms with Crippen LogP contribution in [0.5, 0.6) is 0 Å². The lowest BCUT2D eigenvalue weighted by molar-refractivity contribution is 0.102. The lowest BCUT2D eigenvalue weighted by Gasteiger charge is -2.11. The fraction of sp³-hybridized carbons (Fsp3) is 0.125. The minimum absolute atomic E-state index is 0.217. The first kappa shape index (κ1) is 14.3. The van der Waals surface area contributed by atoms with Crippen molar-refractivity contribution in [3.63, 3.8) is 0 Å². The second kappa shape index (κ2) is 5.89. The number of carbonyl (C=O) groups excluding carboxylic acids is 1. The van der Waals surface area contributed by atoms with E-state index in [4.69, 9.17) is 0 Å². The monoisotopic (exact) mass is 328 g/mol. The molecular formula is C16H13BrN2O. The van der Waals surface area contributed by atoms with E-state index in [9.17, 15) is 10.1 Å². The molecule has 0 aliphatic heterocycles. The number of aryl methyl sites for hydroxylation is 1. The van der Waals surface area contributed by atoms with Crippen LogP contribution < -0.4 is 5.32 Å². The van der Waals surface area contributed by atoms with Gasteiger partial charge >= 0.3 is 0 Å². The Bertz CT molecular complexity index is 717. The molecule has 0 fully saturated rings. The van der Waals surface area contributed by atoms with E-state index < -0.39 is 0 Å². The maximum atomic E-state index is 12.3. The van der Waals surface area contributed by atoms with Gasteiger partial charge in [-0.15, -0.1) is 0 Å². The molecule has 0 spiro atoms. The van der Waals surface area contributed by atoms with Crippen LogP contribution >= 0.6 is 15.9 Å². The Balaban J connectivity index is 2.36. The summed E-state index contributed by atoms with van der Waals surface area (Å²) in [5, 5.41) is 12.0. The average Bonchev–Trinajstić information content (AvgIpc) is 2.42. The van der Waals surface area contributed by atoms with Crippen LogP contribution in [0.3, 0.4) is 0 Å². The summed E-state index contributed by atoms with van der Waals surface area (Å²) in [5.74, 6) is -0.217. The highest BCUT2D eigenvalue weighted by Crippen LogP contribution is 2.22. The number of rotatable bonds is 2. The van der Waals surface area contributed by atoms with Crippen LogP contribution in [0.2, 0.25) is 0 Å². The van der Waals surface area contributed by atoms with Crippen LogP contribution in [0, 0.1) is 25.2 Å². The number of nitriles is 1. The van der Waals surface area contributed by atoms with Gasteiger partial charge in [0.15, 0.2) is 0 Å². The summed E-state index contributed by atoms with van der Waals surface area (Å²) < 4.78 is 0.884. The predicted molar refractivity (Wildman–Crippen MR) is 82.7 cm³/mol. The van der Waals surface area contributed by atoms with Crippen molar-refractivity contribution in [3.8, 4) is 6.07 Å². The zero-order chi connectivity index (χ0) is 14.7. The van der Waals surface area contributed by atoms with Crippen molar-refractivity contribution in [1.29, 1.82) is 5.26 Å². The van der Waals surface area contributed by atoms with Crippen LogP contribution in [0.25, 0.3) is 0 Å². The van der Waals surface area contributed by atoms with E-state index in [1.807, 2.05) is 38.1 Å². The van der Waals surface area contributed by atoms with Gasteiger partial charge in [-0.3, -0.25) is 4.79 Å². The van der Waals surface area contributed by atoms with Gasteiger partial charge in [0.05, 0.1) is 11.3 Å². The molecule has 0 aromatic heterocycles. The standard InChI is InChI=1S/C16H13BrN2O/c1-10-5-3-8-15(13(10)9-18)19-16(20)12-6-4-7-14(17)11(12)2/h3-8H,1-2H3,(H,19,20). The Morgan fingerprint density at radius 3 is 2.60 bits per heavy atom. The summed E-state index contributed by atoms with van der Waals surface area (Å²) in [7, 11) is 0. The minimum atomic E-state index is -0.217. The molecule has 0 saturated heterocycles. The van der Waals surface area contributed by atoms with Gasteiger partial charge in [0, 0.05) is 10.0 Å². The highest BCUT2D eigenvalue weighted by Gasteiger charge is 2.13. The van der Waals surface area contributed by atoms with Crippen molar-refractivity contribution in [1.82, 2.24) is 0 Å².